The van der Waals surface area contributed by atoms with Crippen molar-refractivity contribution in [1.82, 2.24) is 21.3 Å². The first-order chi connectivity index (χ1) is 18.3. The van der Waals surface area contributed by atoms with E-state index in [2.05, 4.69) is 28.2 Å². The van der Waals surface area contributed by atoms with Crippen LogP contribution in [0.25, 0.3) is 0 Å². The number of hydrogen-bond acceptors (Lipinski definition) is 6. The van der Waals surface area contributed by atoms with E-state index in [9.17, 15) is 14.4 Å². The van der Waals surface area contributed by atoms with E-state index in [4.69, 9.17) is 9.47 Å². The molecule has 0 saturated carbocycles. The van der Waals surface area contributed by atoms with Crippen LogP contribution in [0, 0.1) is 5.92 Å². The fourth-order valence-corrected chi connectivity index (χ4v) is 4.98. The van der Waals surface area contributed by atoms with Crippen molar-refractivity contribution in [3.05, 3.63) is 0 Å². The van der Waals surface area contributed by atoms with Gasteiger partial charge in [-0.1, -0.05) is 15.5 Å². The molecule has 0 aromatic heterocycles. The molecular weight excluding hydrogens is 515 g/mol. The lowest BCUT2D eigenvalue weighted by Crippen LogP contribution is -2.45. The van der Waals surface area contributed by atoms with E-state index < -0.39 is 5.54 Å². The van der Waals surface area contributed by atoms with E-state index >= 15 is 0 Å². The Morgan fingerprint density at radius 1 is 0.897 bits per heavy atom. The van der Waals surface area contributed by atoms with E-state index in [1.165, 1.54) is 0 Å². The number of carbonyl (C=O) groups is 3. The van der Waals surface area contributed by atoms with Crippen LogP contribution >= 0.6 is 8.58 Å². The molecule has 0 bridgehead atoms. The standard InChI is InChI=1S/C29H57N4O5P/c1-8-39-22-38-29(6,7)14-18-31-24(34)12-9-13-25(35)33-27(2,3)16-20-37-28(4,5)15-19-32-26(36)23-11-10-17-30-21-23/h23,30,39H,8-22H2,1-7H3,(H,31,34)(H,32,36)(H,33,35)/t23-/m0/s1. The van der Waals surface area contributed by atoms with Crippen LogP contribution < -0.4 is 21.3 Å². The molecule has 0 aromatic rings. The van der Waals surface area contributed by atoms with Crippen LogP contribution in [0.5, 0.6) is 0 Å². The fourth-order valence-electron chi connectivity index (χ4n) is 4.29. The Morgan fingerprint density at radius 3 is 2.18 bits per heavy atom. The van der Waals surface area contributed by atoms with Gasteiger partial charge in [-0.2, -0.15) is 0 Å². The first-order valence-corrected chi connectivity index (χ1v) is 16.2. The summed E-state index contributed by atoms with van der Waals surface area (Å²) in [5, 5.41) is 12.3. The van der Waals surface area contributed by atoms with Crippen LogP contribution in [0.3, 0.4) is 0 Å². The lowest BCUT2D eigenvalue weighted by molar-refractivity contribution is -0.126. The van der Waals surface area contributed by atoms with E-state index in [0.29, 0.717) is 45.4 Å². The third kappa shape index (κ3) is 17.9. The van der Waals surface area contributed by atoms with Gasteiger partial charge in [-0.3, -0.25) is 14.4 Å². The third-order valence-electron chi connectivity index (χ3n) is 7.06. The largest absolute Gasteiger partial charge is 0.375 e. The molecule has 1 unspecified atom stereocenters. The quantitative estimate of drug-likeness (QED) is 0.131. The zero-order chi connectivity index (χ0) is 29.4. The number of piperidine rings is 1. The zero-order valence-corrected chi connectivity index (χ0v) is 26.7. The van der Waals surface area contributed by atoms with Crippen molar-refractivity contribution in [2.45, 2.75) is 117 Å². The maximum Gasteiger partial charge on any atom is 0.224 e. The molecule has 1 heterocycles. The van der Waals surface area contributed by atoms with Crippen molar-refractivity contribution in [3.63, 3.8) is 0 Å². The highest BCUT2D eigenvalue weighted by Gasteiger charge is 2.25. The second-order valence-corrected chi connectivity index (χ2v) is 14.0. The van der Waals surface area contributed by atoms with Crippen LogP contribution in [0.4, 0.5) is 0 Å². The van der Waals surface area contributed by atoms with Gasteiger partial charge >= 0.3 is 0 Å². The summed E-state index contributed by atoms with van der Waals surface area (Å²) in [4.78, 5) is 36.9. The van der Waals surface area contributed by atoms with Crippen LogP contribution in [0.15, 0.2) is 0 Å². The minimum absolute atomic E-state index is 0.0319. The Morgan fingerprint density at radius 2 is 1.54 bits per heavy atom. The summed E-state index contributed by atoms with van der Waals surface area (Å²) >= 11 is 0. The highest BCUT2D eigenvalue weighted by Crippen LogP contribution is 2.20. The summed E-state index contributed by atoms with van der Waals surface area (Å²) in [5.74, 6) is 0.0964. The molecule has 1 aliphatic rings. The van der Waals surface area contributed by atoms with E-state index in [-0.39, 0.29) is 34.8 Å². The highest BCUT2D eigenvalue weighted by molar-refractivity contribution is 7.37. The van der Waals surface area contributed by atoms with Crippen LogP contribution in [-0.4, -0.2) is 79.8 Å². The average Bonchev–Trinajstić information content (AvgIpc) is 2.83. The van der Waals surface area contributed by atoms with E-state index in [1.54, 1.807) is 0 Å². The molecule has 0 spiro atoms. The van der Waals surface area contributed by atoms with Crippen molar-refractivity contribution in [2.24, 2.45) is 5.92 Å². The number of carbonyl (C=O) groups excluding carboxylic acids is 3. The van der Waals surface area contributed by atoms with Crippen molar-refractivity contribution in [2.75, 3.05) is 45.3 Å². The molecule has 1 saturated heterocycles. The molecule has 1 fully saturated rings. The van der Waals surface area contributed by atoms with Crippen LogP contribution in [0.2, 0.25) is 0 Å². The van der Waals surface area contributed by atoms with Gasteiger partial charge in [-0.25, -0.2) is 0 Å². The molecule has 39 heavy (non-hydrogen) atoms. The van der Waals surface area contributed by atoms with Gasteiger partial charge in [-0.05, 0) is 92.8 Å². The summed E-state index contributed by atoms with van der Waals surface area (Å²) in [6.07, 6.45) is 7.18. The van der Waals surface area contributed by atoms with Crippen molar-refractivity contribution >= 4 is 26.3 Å². The minimum atomic E-state index is -0.415. The average molecular weight is 573 g/mol. The van der Waals surface area contributed by atoms with Gasteiger partial charge in [0, 0.05) is 44.6 Å². The van der Waals surface area contributed by atoms with Gasteiger partial charge in [0.25, 0.3) is 0 Å². The Kier molecular flexibility index (Phi) is 16.7. The molecule has 228 valence electrons. The summed E-state index contributed by atoms with van der Waals surface area (Å²) in [5.41, 5.74) is -1.04. The fraction of sp³-hybridized carbons (Fsp3) is 0.897. The molecule has 0 radical (unpaired) electrons. The van der Waals surface area contributed by atoms with Gasteiger partial charge in [0.05, 0.1) is 23.5 Å². The van der Waals surface area contributed by atoms with E-state index in [0.717, 1.165) is 59.9 Å². The lowest BCUT2D eigenvalue weighted by atomic mass is 9.98. The molecule has 0 aromatic carbocycles. The monoisotopic (exact) mass is 572 g/mol. The second-order valence-electron chi connectivity index (χ2n) is 12.5. The number of ether oxygens (including phenoxy) is 2. The highest BCUT2D eigenvalue weighted by atomic mass is 31.1. The normalized spacial score (nSPS) is 16.8. The predicted molar refractivity (Wildman–Crippen MR) is 160 cm³/mol. The summed E-state index contributed by atoms with van der Waals surface area (Å²) in [6.45, 7) is 17.7. The molecule has 0 aliphatic carbocycles. The first-order valence-electron chi connectivity index (χ1n) is 14.8. The molecule has 10 heteroatoms. The number of amides is 3. The van der Waals surface area contributed by atoms with Gasteiger partial charge in [0.1, 0.15) is 0 Å². The van der Waals surface area contributed by atoms with E-state index in [1.807, 2.05) is 41.5 Å². The second kappa shape index (κ2) is 18.2. The Bertz CT molecular complexity index is 739. The third-order valence-corrected chi connectivity index (χ3v) is 7.91. The predicted octanol–water partition coefficient (Wildman–Crippen LogP) is 3.70. The van der Waals surface area contributed by atoms with Gasteiger partial charge in [0.15, 0.2) is 0 Å². The van der Waals surface area contributed by atoms with Crippen LogP contribution in [0.1, 0.15) is 99.8 Å². The summed E-state index contributed by atoms with van der Waals surface area (Å²) in [6, 6.07) is 0. The molecule has 2 atom stereocenters. The molecule has 4 N–H and O–H groups in total. The smallest absolute Gasteiger partial charge is 0.224 e. The SMILES string of the molecule is CCPCOC(C)(C)CCNC(=O)CCCC(=O)NC(C)(C)CCOC(C)(C)CCNC(=O)[C@H]1CCCNC1. The molecular formula is C29H57N4O5P. The van der Waals surface area contributed by atoms with Gasteiger partial charge in [0.2, 0.25) is 17.7 Å². The van der Waals surface area contributed by atoms with Gasteiger partial charge in [-0.15, -0.1) is 0 Å². The maximum atomic E-state index is 12.5. The van der Waals surface area contributed by atoms with Crippen molar-refractivity contribution in [3.8, 4) is 0 Å². The molecule has 3 amide bonds. The Balaban J connectivity index is 2.18. The molecule has 1 aliphatic heterocycles. The molecule has 1 rings (SSSR count). The van der Waals surface area contributed by atoms with Crippen molar-refractivity contribution in [1.29, 1.82) is 0 Å². The zero-order valence-electron chi connectivity index (χ0n) is 25.7. The maximum absolute atomic E-state index is 12.5. The number of hydrogen-bond donors (Lipinski definition) is 4. The minimum Gasteiger partial charge on any atom is -0.375 e. The first kappa shape index (κ1) is 35.7. The topological polar surface area (TPSA) is 118 Å². The summed E-state index contributed by atoms with van der Waals surface area (Å²) in [7, 11) is 0.809. The summed E-state index contributed by atoms with van der Waals surface area (Å²) < 4.78 is 12.0. The molecule has 9 nitrogen and oxygen atoms in total. The van der Waals surface area contributed by atoms with Gasteiger partial charge < -0.3 is 30.7 Å². The lowest BCUT2D eigenvalue weighted by Gasteiger charge is -2.30. The Labute approximate surface area is 239 Å². The Hall–Kier alpha value is -1.28. The number of nitrogens with one attached hydrogen (secondary N) is 4. The van der Waals surface area contributed by atoms with Crippen molar-refractivity contribution < 1.29 is 23.9 Å². The number of rotatable bonds is 20. The van der Waals surface area contributed by atoms with Crippen LogP contribution in [-0.2, 0) is 23.9 Å².